The van der Waals surface area contributed by atoms with Gasteiger partial charge < -0.3 is 5.73 Å². The van der Waals surface area contributed by atoms with E-state index in [1.807, 2.05) is 0 Å². The maximum atomic E-state index is 13.5. The Labute approximate surface area is 125 Å². The van der Waals surface area contributed by atoms with Gasteiger partial charge in [0, 0.05) is 0 Å². The molecule has 2 N–H and O–H groups in total. The quantitative estimate of drug-likeness (QED) is 0.600. The van der Waals surface area contributed by atoms with E-state index in [2.05, 4.69) is 15.9 Å². The summed E-state index contributed by atoms with van der Waals surface area (Å²) in [5.41, 5.74) is 5.69. The van der Waals surface area contributed by atoms with E-state index in [1.54, 1.807) is 0 Å². The SMILES string of the molecule is NC(c1ccc(C(F)(F)F)cc1)c1ccc(F)c(F)c1Br. The average Bonchev–Trinajstić information content (AvgIpc) is 2.43. The second-order valence-corrected chi connectivity index (χ2v) is 5.16. The molecule has 0 aliphatic carbocycles. The summed E-state index contributed by atoms with van der Waals surface area (Å²) >= 11 is 2.90. The first-order chi connectivity index (χ1) is 9.71. The zero-order chi connectivity index (χ0) is 15.8. The average molecular weight is 366 g/mol. The van der Waals surface area contributed by atoms with Crippen LogP contribution in [0.1, 0.15) is 22.7 Å². The van der Waals surface area contributed by atoms with Crippen LogP contribution in [0.4, 0.5) is 22.0 Å². The van der Waals surface area contributed by atoms with Gasteiger partial charge in [-0.25, -0.2) is 8.78 Å². The van der Waals surface area contributed by atoms with Gasteiger partial charge in [-0.15, -0.1) is 0 Å². The molecule has 7 heteroatoms. The fourth-order valence-corrected chi connectivity index (χ4v) is 2.41. The van der Waals surface area contributed by atoms with E-state index in [-0.39, 0.29) is 10.0 Å². The maximum absolute atomic E-state index is 13.5. The molecule has 0 radical (unpaired) electrons. The molecule has 112 valence electrons. The molecule has 0 aliphatic heterocycles. The van der Waals surface area contributed by atoms with E-state index >= 15 is 0 Å². The molecule has 0 spiro atoms. The fraction of sp³-hybridized carbons (Fsp3) is 0.143. The van der Waals surface area contributed by atoms with Crippen LogP contribution in [0, 0.1) is 11.6 Å². The molecule has 0 saturated heterocycles. The molecular weight excluding hydrogens is 357 g/mol. The summed E-state index contributed by atoms with van der Waals surface area (Å²) in [5.74, 6) is -2.12. The summed E-state index contributed by atoms with van der Waals surface area (Å²) in [7, 11) is 0. The summed E-state index contributed by atoms with van der Waals surface area (Å²) in [6.45, 7) is 0. The largest absolute Gasteiger partial charge is 0.416 e. The normalized spacial score (nSPS) is 13.3. The number of rotatable bonds is 2. The van der Waals surface area contributed by atoms with E-state index in [9.17, 15) is 22.0 Å². The Morgan fingerprint density at radius 2 is 1.52 bits per heavy atom. The predicted molar refractivity (Wildman–Crippen MR) is 71.5 cm³/mol. The number of hydrogen-bond donors (Lipinski definition) is 1. The lowest BCUT2D eigenvalue weighted by molar-refractivity contribution is -0.137. The van der Waals surface area contributed by atoms with Crippen molar-refractivity contribution in [3.05, 3.63) is 69.2 Å². The molecule has 2 rings (SSSR count). The molecule has 0 aliphatic rings. The zero-order valence-electron chi connectivity index (χ0n) is 10.4. The number of alkyl halides is 3. The third-order valence-corrected chi connectivity index (χ3v) is 3.80. The second kappa shape index (κ2) is 5.73. The van der Waals surface area contributed by atoms with Gasteiger partial charge in [0.1, 0.15) is 0 Å². The maximum Gasteiger partial charge on any atom is 0.416 e. The second-order valence-electron chi connectivity index (χ2n) is 4.36. The Morgan fingerprint density at radius 1 is 0.952 bits per heavy atom. The standard InChI is InChI=1S/C14H9BrF5N/c15-11-9(5-6-10(16)12(11)17)13(21)7-1-3-8(4-2-7)14(18,19)20/h1-6,13H,21H2. The first-order valence-corrected chi connectivity index (χ1v) is 6.57. The van der Waals surface area contributed by atoms with Crippen molar-refractivity contribution < 1.29 is 22.0 Å². The van der Waals surface area contributed by atoms with Crippen molar-refractivity contribution in [3.63, 3.8) is 0 Å². The van der Waals surface area contributed by atoms with E-state index in [0.717, 1.165) is 18.2 Å². The zero-order valence-corrected chi connectivity index (χ0v) is 12.0. The first kappa shape index (κ1) is 15.9. The van der Waals surface area contributed by atoms with Crippen LogP contribution >= 0.6 is 15.9 Å². The molecule has 2 aromatic rings. The van der Waals surface area contributed by atoms with Crippen LogP contribution < -0.4 is 5.73 Å². The minimum absolute atomic E-state index is 0.144. The van der Waals surface area contributed by atoms with Crippen LogP contribution in [-0.2, 0) is 6.18 Å². The Balaban J connectivity index is 2.37. The van der Waals surface area contributed by atoms with Gasteiger partial charge in [0.2, 0.25) is 0 Å². The number of hydrogen-bond acceptors (Lipinski definition) is 1. The minimum atomic E-state index is -4.44. The molecular formula is C14H9BrF5N. The molecule has 2 aromatic carbocycles. The van der Waals surface area contributed by atoms with Crippen LogP contribution in [0.5, 0.6) is 0 Å². The molecule has 21 heavy (non-hydrogen) atoms. The van der Waals surface area contributed by atoms with Gasteiger partial charge in [-0.1, -0.05) is 18.2 Å². The molecule has 0 aromatic heterocycles. The van der Waals surface area contributed by atoms with E-state index in [4.69, 9.17) is 5.73 Å². The Hall–Kier alpha value is -1.47. The molecule has 0 fully saturated rings. The van der Waals surface area contributed by atoms with Crippen LogP contribution in [0.25, 0.3) is 0 Å². The predicted octanol–water partition coefficient (Wildman–Crippen LogP) is 4.79. The summed E-state index contributed by atoms with van der Waals surface area (Å²) in [5, 5.41) is 0. The van der Waals surface area contributed by atoms with Crippen molar-refractivity contribution >= 4 is 15.9 Å². The van der Waals surface area contributed by atoms with Gasteiger partial charge in [0.15, 0.2) is 11.6 Å². The topological polar surface area (TPSA) is 26.0 Å². The van der Waals surface area contributed by atoms with Crippen molar-refractivity contribution in [2.75, 3.05) is 0 Å². The first-order valence-electron chi connectivity index (χ1n) is 5.78. The van der Waals surface area contributed by atoms with Gasteiger partial charge in [-0.3, -0.25) is 0 Å². The van der Waals surface area contributed by atoms with E-state index in [0.29, 0.717) is 5.56 Å². The van der Waals surface area contributed by atoms with Crippen LogP contribution in [-0.4, -0.2) is 0 Å². The van der Waals surface area contributed by atoms with E-state index < -0.39 is 29.4 Å². The number of halogens is 6. The van der Waals surface area contributed by atoms with Gasteiger partial charge in [0.25, 0.3) is 0 Å². The Morgan fingerprint density at radius 3 is 2.05 bits per heavy atom. The van der Waals surface area contributed by atoms with Crippen molar-refractivity contribution in [1.82, 2.24) is 0 Å². The Kier molecular flexibility index (Phi) is 4.34. The van der Waals surface area contributed by atoms with Crippen LogP contribution in [0.3, 0.4) is 0 Å². The van der Waals surface area contributed by atoms with Gasteiger partial charge in [-0.2, -0.15) is 13.2 Å². The van der Waals surface area contributed by atoms with Crippen molar-refractivity contribution in [2.24, 2.45) is 5.73 Å². The summed E-state index contributed by atoms with van der Waals surface area (Å²) in [6, 6.07) is 5.52. The van der Waals surface area contributed by atoms with Crippen LogP contribution in [0.15, 0.2) is 40.9 Å². The van der Waals surface area contributed by atoms with Crippen molar-refractivity contribution in [1.29, 1.82) is 0 Å². The smallest absolute Gasteiger partial charge is 0.320 e. The lowest BCUT2D eigenvalue weighted by Gasteiger charge is -2.16. The molecule has 0 bridgehead atoms. The molecule has 1 unspecified atom stereocenters. The Bertz CT molecular complexity index is 652. The van der Waals surface area contributed by atoms with Gasteiger partial charge in [-0.05, 0) is 45.3 Å². The summed E-state index contributed by atoms with van der Waals surface area (Å²) in [6.07, 6.45) is -4.44. The highest BCUT2D eigenvalue weighted by Crippen LogP contribution is 2.33. The monoisotopic (exact) mass is 365 g/mol. The number of benzene rings is 2. The molecule has 1 nitrogen and oxygen atoms in total. The molecule has 0 saturated carbocycles. The van der Waals surface area contributed by atoms with Gasteiger partial charge in [0.05, 0.1) is 16.1 Å². The summed E-state index contributed by atoms with van der Waals surface area (Å²) in [4.78, 5) is 0. The molecule has 0 heterocycles. The minimum Gasteiger partial charge on any atom is -0.320 e. The van der Waals surface area contributed by atoms with Gasteiger partial charge >= 0.3 is 6.18 Å². The highest BCUT2D eigenvalue weighted by molar-refractivity contribution is 9.10. The summed E-state index contributed by atoms with van der Waals surface area (Å²) < 4.78 is 63.8. The molecule has 0 amide bonds. The van der Waals surface area contributed by atoms with Crippen molar-refractivity contribution in [2.45, 2.75) is 12.2 Å². The highest BCUT2D eigenvalue weighted by Gasteiger charge is 2.30. The lowest BCUT2D eigenvalue weighted by atomic mass is 9.98. The third kappa shape index (κ3) is 3.24. The third-order valence-electron chi connectivity index (χ3n) is 3.00. The van der Waals surface area contributed by atoms with E-state index in [1.165, 1.54) is 18.2 Å². The van der Waals surface area contributed by atoms with Crippen LogP contribution in [0.2, 0.25) is 0 Å². The number of nitrogens with two attached hydrogens (primary N) is 1. The molecule has 1 atom stereocenters. The lowest BCUT2D eigenvalue weighted by Crippen LogP contribution is -2.14. The van der Waals surface area contributed by atoms with Crippen molar-refractivity contribution in [3.8, 4) is 0 Å². The highest BCUT2D eigenvalue weighted by atomic mass is 79.9. The fourth-order valence-electron chi connectivity index (χ4n) is 1.84.